The highest BCUT2D eigenvalue weighted by atomic mass is 32.1. The van der Waals surface area contributed by atoms with E-state index in [1.807, 2.05) is 0 Å². The molecule has 1 N–H and O–H groups in total. The maximum atomic E-state index is 12.2. The summed E-state index contributed by atoms with van der Waals surface area (Å²) < 4.78 is 12.8. The number of carbonyl (C=O) groups excluding carboxylic acids is 1. The van der Waals surface area contributed by atoms with Crippen LogP contribution >= 0.6 is 11.3 Å². The van der Waals surface area contributed by atoms with Crippen LogP contribution < -0.4 is 20.3 Å². The number of pyridine rings is 1. The van der Waals surface area contributed by atoms with Gasteiger partial charge in [-0.25, -0.2) is 4.98 Å². The molecule has 1 aliphatic heterocycles. The van der Waals surface area contributed by atoms with Crippen LogP contribution in [-0.2, 0) is 11.3 Å². The summed E-state index contributed by atoms with van der Waals surface area (Å²) in [5, 5.41) is 13.8. The van der Waals surface area contributed by atoms with Crippen LogP contribution in [0.15, 0.2) is 35.3 Å². The molecule has 0 spiro atoms. The molecule has 0 aliphatic carbocycles. The van der Waals surface area contributed by atoms with E-state index in [2.05, 4.69) is 10.3 Å². The van der Waals surface area contributed by atoms with Crippen molar-refractivity contribution in [2.75, 3.05) is 18.5 Å². The molecule has 11 heteroatoms. The number of nitrogens with one attached hydrogen (secondary N) is 1. The number of hydrogen-bond acceptors (Lipinski definition) is 8. The van der Waals surface area contributed by atoms with E-state index in [1.54, 1.807) is 12.1 Å². The molecule has 1 aliphatic rings. The standard InChI is InChI=1S/C16H12N4O6S/c21-14(8-19-7-9(20(23)24)1-2-15(19)22)18-16-17-10-5-11-12(6-13(10)27-16)26-4-3-25-11/h1-2,5-7H,3-4,8H2,(H,17,18,21). The van der Waals surface area contributed by atoms with Crippen molar-refractivity contribution < 1.29 is 19.2 Å². The zero-order valence-electron chi connectivity index (χ0n) is 13.7. The minimum Gasteiger partial charge on any atom is -0.486 e. The fraction of sp³-hybridized carbons (Fsp3) is 0.188. The summed E-state index contributed by atoms with van der Waals surface area (Å²) in [6.07, 6.45) is 1.03. The van der Waals surface area contributed by atoms with Crippen molar-refractivity contribution in [2.24, 2.45) is 0 Å². The van der Waals surface area contributed by atoms with Crippen molar-refractivity contribution in [1.82, 2.24) is 9.55 Å². The van der Waals surface area contributed by atoms with Crippen molar-refractivity contribution >= 4 is 38.3 Å². The van der Waals surface area contributed by atoms with Gasteiger partial charge >= 0.3 is 0 Å². The summed E-state index contributed by atoms with van der Waals surface area (Å²) in [5.41, 5.74) is -0.137. The second-order valence-corrected chi connectivity index (χ2v) is 6.67. The molecule has 3 aromatic rings. The van der Waals surface area contributed by atoms with Crippen LogP contribution in [0.25, 0.3) is 10.2 Å². The van der Waals surface area contributed by atoms with Crippen LogP contribution in [0.1, 0.15) is 0 Å². The number of aromatic nitrogens is 2. The molecule has 138 valence electrons. The number of anilines is 1. The normalized spacial score (nSPS) is 12.7. The third-order valence-corrected chi connectivity index (χ3v) is 4.72. The summed E-state index contributed by atoms with van der Waals surface area (Å²) >= 11 is 1.25. The zero-order chi connectivity index (χ0) is 19.0. The smallest absolute Gasteiger partial charge is 0.285 e. The second-order valence-electron chi connectivity index (χ2n) is 5.64. The van der Waals surface area contributed by atoms with Gasteiger partial charge in [-0.15, -0.1) is 0 Å². The molecule has 0 saturated heterocycles. The molecule has 0 saturated carbocycles. The van der Waals surface area contributed by atoms with Crippen molar-refractivity contribution in [3.8, 4) is 11.5 Å². The molecule has 0 unspecified atom stereocenters. The number of nitrogens with zero attached hydrogens (tertiary/aromatic N) is 3. The maximum absolute atomic E-state index is 12.2. The minimum atomic E-state index is -0.632. The monoisotopic (exact) mass is 388 g/mol. The number of fused-ring (bicyclic) bond motifs is 2. The lowest BCUT2D eigenvalue weighted by Crippen LogP contribution is -2.26. The molecule has 2 aromatic heterocycles. The SMILES string of the molecule is O=C(Cn1cc([N+](=O)[O-])ccc1=O)Nc1nc2cc3c(cc2s1)OCCO3. The lowest BCUT2D eigenvalue weighted by atomic mass is 10.3. The van der Waals surface area contributed by atoms with Gasteiger partial charge in [0, 0.05) is 24.3 Å². The lowest BCUT2D eigenvalue weighted by molar-refractivity contribution is -0.385. The highest BCUT2D eigenvalue weighted by molar-refractivity contribution is 7.22. The molecule has 0 fully saturated rings. The summed E-state index contributed by atoms with van der Waals surface area (Å²) in [6.45, 7) is 0.572. The summed E-state index contributed by atoms with van der Waals surface area (Å²) in [6, 6.07) is 5.67. The van der Waals surface area contributed by atoms with Gasteiger partial charge in [-0.05, 0) is 0 Å². The summed E-state index contributed by atoms with van der Waals surface area (Å²) in [7, 11) is 0. The van der Waals surface area contributed by atoms with Gasteiger partial charge in [0.05, 0.1) is 21.3 Å². The maximum Gasteiger partial charge on any atom is 0.285 e. The molecule has 1 amide bonds. The van der Waals surface area contributed by atoms with Crippen LogP contribution in [0.3, 0.4) is 0 Å². The number of rotatable bonds is 4. The number of thiazole rings is 1. The molecule has 10 nitrogen and oxygen atoms in total. The van der Waals surface area contributed by atoms with Gasteiger partial charge in [0.2, 0.25) is 5.91 Å². The Bertz CT molecular complexity index is 1080. The molecule has 1 aromatic carbocycles. The topological polar surface area (TPSA) is 126 Å². The Kier molecular flexibility index (Phi) is 4.20. The van der Waals surface area contributed by atoms with Crippen LogP contribution in [0.2, 0.25) is 0 Å². The molecule has 27 heavy (non-hydrogen) atoms. The van der Waals surface area contributed by atoms with E-state index in [0.717, 1.165) is 27.6 Å². The van der Waals surface area contributed by atoms with Gasteiger partial charge < -0.3 is 14.8 Å². The molecule has 0 atom stereocenters. The third kappa shape index (κ3) is 3.44. The predicted molar refractivity (Wildman–Crippen MR) is 96.6 cm³/mol. The Balaban J connectivity index is 1.54. The van der Waals surface area contributed by atoms with Crippen molar-refractivity contribution in [3.05, 3.63) is 50.9 Å². The van der Waals surface area contributed by atoms with Crippen LogP contribution in [-0.4, -0.2) is 33.6 Å². The van der Waals surface area contributed by atoms with Gasteiger partial charge in [-0.2, -0.15) is 0 Å². The Labute approximate surface area is 155 Å². The number of benzene rings is 1. The largest absolute Gasteiger partial charge is 0.486 e. The highest BCUT2D eigenvalue weighted by Crippen LogP contribution is 2.37. The molecular weight excluding hydrogens is 376 g/mol. The highest BCUT2D eigenvalue weighted by Gasteiger charge is 2.16. The van der Waals surface area contributed by atoms with Gasteiger partial charge in [0.15, 0.2) is 16.6 Å². The Morgan fingerprint density at radius 2 is 2.04 bits per heavy atom. The van der Waals surface area contributed by atoms with Gasteiger partial charge in [0.1, 0.15) is 19.8 Å². The molecule has 0 radical (unpaired) electrons. The Hall–Kier alpha value is -3.47. The van der Waals surface area contributed by atoms with E-state index in [-0.39, 0.29) is 12.2 Å². The van der Waals surface area contributed by atoms with Crippen molar-refractivity contribution in [2.45, 2.75) is 6.54 Å². The second kappa shape index (κ2) is 6.68. The predicted octanol–water partition coefficient (Wildman–Crippen LogP) is 1.78. The van der Waals surface area contributed by atoms with Crippen molar-refractivity contribution in [3.63, 3.8) is 0 Å². The van der Waals surface area contributed by atoms with E-state index >= 15 is 0 Å². The fourth-order valence-corrected chi connectivity index (χ4v) is 3.47. The number of nitro groups is 1. The average molecular weight is 388 g/mol. The first-order chi connectivity index (χ1) is 13.0. The zero-order valence-corrected chi connectivity index (χ0v) is 14.5. The van der Waals surface area contributed by atoms with E-state index in [1.165, 1.54) is 11.3 Å². The van der Waals surface area contributed by atoms with E-state index in [0.29, 0.717) is 35.4 Å². The average Bonchev–Trinajstić information content (AvgIpc) is 3.02. The lowest BCUT2D eigenvalue weighted by Gasteiger charge is -2.17. The summed E-state index contributed by atoms with van der Waals surface area (Å²) in [5.74, 6) is 0.701. The first-order valence-electron chi connectivity index (χ1n) is 7.84. The fourth-order valence-electron chi connectivity index (χ4n) is 2.58. The Morgan fingerprint density at radius 1 is 1.30 bits per heavy atom. The van der Waals surface area contributed by atoms with Gasteiger partial charge in [0.25, 0.3) is 11.2 Å². The molecule has 0 bridgehead atoms. The van der Waals surface area contributed by atoms with Gasteiger partial charge in [-0.1, -0.05) is 11.3 Å². The number of amides is 1. The summed E-state index contributed by atoms with van der Waals surface area (Å²) in [4.78, 5) is 38.5. The van der Waals surface area contributed by atoms with Crippen LogP contribution in [0.5, 0.6) is 11.5 Å². The first kappa shape index (κ1) is 17.0. The minimum absolute atomic E-state index is 0.270. The number of hydrogen-bond donors (Lipinski definition) is 1. The van der Waals surface area contributed by atoms with E-state index in [4.69, 9.17) is 9.47 Å². The number of carbonyl (C=O) groups is 1. The molecule has 3 heterocycles. The van der Waals surface area contributed by atoms with Crippen LogP contribution in [0.4, 0.5) is 10.8 Å². The molecular formula is C16H12N4O6S. The van der Waals surface area contributed by atoms with E-state index in [9.17, 15) is 19.7 Å². The van der Waals surface area contributed by atoms with Crippen LogP contribution in [0, 0.1) is 10.1 Å². The number of ether oxygens (including phenoxy) is 2. The van der Waals surface area contributed by atoms with Crippen molar-refractivity contribution in [1.29, 1.82) is 0 Å². The molecule has 4 rings (SSSR count). The van der Waals surface area contributed by atoms with E-state index < -0.39 is 16.4 Å². The Morgan fingerprint density at radius 3 is 2.78 bits per heavy atom. The first-order valence-corrected chi connectivity index (χ1v) is 8.66. The van der Waals surface area contributed by atoms with Gasteiger partial charge in [-0.3, -0.25) is 24.3 Å². The quantitative estimate of drug-likeness (QED) is 0.533. The third-order valence-electron chi connectivity index (χ3n) is 3.79.